The summed E-state index contributed by atoms with van der Waals surface area (Å²) in [6.07, 6.45) is 0. The Labute approximate surface area is 166 Å². The molecule has 0 fully saturated rings. The van der Waals surface area contributed by atoms with Gasteiger partial charge in [0.2, 0.25) is 5.91 Å². The van der Waals surface area contributed by atoms with Gasteiger partial charge in [-0.05, 0) is 30.3 Å². The van der Waals surface area contributed by atoms with Gasteiger partial charge in [-0.2, -0.15) is 0 Å². The number of non-ortho nitro benzene ring substituents is 1. The standard InChI is InChI=1S/C16H11ClN4O4S2/c17-10-3-6-13-12(7-10)18-16(27-13)26-8-14(22)19-20-15(23)9-1-4-11(5-2-9)21(24)25/h1-7H,8H2,(H,19,22)(H,20,23). The van der Waals surface area contributed by atoms with Gasteiger partial charge in [0.25, 0.3) is 11.6 Å². The normalized spacial score (nSPS) is 10.6. The van der Waals surface area contributed by atoms with Crippen LogP contribution in [0, 0.1) is 10.1 Å². The van der Waals surface area contributed by atoms with E-state index in [1.54, 1.807) is 12.1 Å². The zero-order valence-corrected chi connectivity index (χ0v) is 15.9. The van der Waals surface area contributed by atoms with Gasteiger partial charge in [0.05, 0.1) is 20.9 Å². The van der Waals surface area contributed by atoms with E-state index in [0.717, 1.165) is 10.2 Å². The van der Waals surface area contributed by atoms with Gasteiger partial charge >= 0.3 is 0 Å². The number of hydrazine groups is 1. The Morgan fingerprint density at radius 1 is 1.19 bits per heavy atom. The summed E-state index contributed by atoms with van der Waals surface area (Å²) in [5.41, 5.74) is 5.39. The predicted octanol–water partition coefficient (Wildman–Crippen LogP) is 3.41. The minimum Gasteiger partial charge on any atom is -0.272 e. The van der Waals surface area contributed by atoms with E-state index in [2.05, 4.69) is 15.8 Å². The fourth-order valence-electron chi connectivity index (χ4n) is 2.04. The van der Waals surface area contributed by atoms with Crippen LogP contribution in [0.1, 0.15) is 10.4 Å². The summed E-state index contributed by atoms with van der Waals surface area (Å²) in [6, 6.07) is 10.4. The number of hydrogen-bond donors (Lipinski definition) is 2. The molecule has 0 aliphatic heterocycles. The molecule has 0 bridgehead atoms. The molecule has 1 aromatic heterocycles. The molecular formula is C16H11ClN4O4S2. The zero-order chi connectivity index (χ0) is 19.4. The number of carbonyl (C=O) groups excluding carboxylic acids is 2. The maximum Gasteiger partial charge on any atom is 0.269 e. The molecule has 8 nitrogen and oxygen atoms in total. The number of carbonyl (C=O) groups is 2. The molecular weight excluding hydrogens is 412 g/mol. The van der Waals surface area contributed by atoms with Gasteiger partial charge in [-0.25, -0.2) is 4.98 Å². The summed E-state index contributed by atoms with van der Waals surface area (Å²) in [6.45, 7) is 0. The van der Waals surface area contributed by atoms with Crippen molar-refractivity contribution in [2.45, 2.75) is 4.34 Å². The molecule has 3 rings (SSSR count). The third kappa shape index (κ3) is 4.94. The smallest absolute Gasteiger partial charge is 0.269 e. The second kappa shape index (κ2) is 8.33. The molecule has 0 atom stereocenters. The van der Waals surface area contributed by atoms with Crippen LogP contribution in [0.15, 0.2) is 46.8 Å². The van der Waals surface area contributed by atoms with Gasteiger partial charge in [0.1, 0.15) is 0 Å². The summed E-state index contributed by atoms with van der Waals surface area (Å²) in [7, 11) is 0. The number of aromatic nitrogens is 1. The predicted molar refractivity (Wildman–Crippen MR) is 104 cm³/mol. The Bertz CT molecular complexity index is 1020. The van der Waals surface area contributed by atoms with Gasteiger partial charge in [-0.3, -0.25) is 30.6 Å². The number of halogens is 1. The van der Waals surface area contributed by atoms with Crippen molar-refractivity contribution in [3.05, 3.63) is 63.2 Å². The average Bonchev–Trinajstić information content (AvgIpc) is 3.06. The number of nitrogens with zero attached hydrogens (tertiary/aromatic N) is 2. The van der Waals surface area contributed by atoms with E-state index in [-0.39, 0.29) is 17.0 Å². The van der Waals surface area contributed by atoms with E-state index in [9.17, 15) is 19.7 Å². The van der Waals surface area contributed by atoms with Crippen LogP contribution < -0.4 is 10.9 Å². The molecule has 0 aliphatic carbocycles. The molecule has 1 heterocycles. The van der Waals surface area contributed by atoms with Crippen LogP contribution >= 0.6 is 34.7 Å². The highest BCUT2D eigenvalue weighted by Crippen LogP contribution is 2.30. The van der Waals surface area contributed by atoms with E-state index in [0.29, 0.717) is 9.36 Å². The maximum absolute atomic E-state index is 11.9. The lowest BCUT2D eigenvalue weighted by Gasteiger charge is -2.06. The Morgan fingerprint density at radius 2 is 1.93 bits per heavy atom. The van der Waals surface area contributed by atoms with Gasteiger partial charge in [0, 0.05) is 22.7 Å². The summed E-state index contributed by atoms with van der Waals surface area (Å²) in [4.78, 5) is 38.2. The summed E-state index contributed by atoms with van der Waals surface area (Å²) >= 11 is 8.60. The fourth-order valence-corrected chi connectivity index (χ4v) is 4.05. The van der Waals surface area contributed by atoms with Crippen LogP contribution in [0.2, 0.25) is 5.02 Å². The van der Waals surface area contributed by atoms with Crippen LogP contribution in [-0.2, 0) is 4.79 Å². The van der Waals surface area contributed by atoms with Crippen molar-refractivity contribution in [1.82, 2.24) is 15.8 Å². The molecule has 2 aromatic carbocycles. The monoisotopic (exact) mass is 422 g/mol. The number of thioether (sulfide) groups is 1. The molecule has 2 amide bonds. The van der Waals surface area contributed by atoms with E-state index in [1.165, 1.54) is 47.4 Å². The number of benzene rings is 2. The lowest BCUT2D eigenvalue weighted by Crippen LogP contribution is -2.42. The van der Waals surface area contributed by atoms with Crippen molar-refractivity contribution >= 4 is 62.4 Å². The zero-order valence-electron chi connectivity index (χ0n) is 13.5. The van der Waals surface area contributed by atoms with Crippen LogP contribution in [0.3, 0.4) is 0 Å². The Kier molecular flexibility index (Phi) is 5.89. The van der Waals surface area contributed by atoms with E-state index >= 15 is 0 Å². The van der Waals surface area contributed by atoms with Crippen molar-refractivity contribution < 1.29 is 14.5 Å². The minimum atomic E-state index is -0.571. The van der Waals surface area contributed by atoms with Crippen molar-refractivity contribution in [2.24, 2.45) is 0 Å². The highest BCUT2D eigenvalue weighted by molar-refractivity contribution is 8.01. The van der Waals surface area contributed by atoms with Gasteiger partial charge in [0.15, 0.2) is 4.34 Å². The number of thiazole rings is 1. The molecule has 0 aliphatic rings. The maximum atomic E-state index is 11.9. The summed E-state index contributed by atoms with van der Waals surface area (Å²) < 4.78 is 1.68. The Morgan fingerprint density at radius 3 is 2.63 bits per heavy atom. The van der Waals surface area contributed by atoms with Crippen molar-refractivity contribution in [3.63, 3.8) is 0 Å². The molecule has 0 saturated carbocycles. The highest BCUT2D eigenvalue weighted by atomic mass is 35.5. The topological polar surface area (TPSA) is 114 Å². The summed E-state index contributed by atoms with van der Waals surface area (Å²) in [5, 5.41) is 11.2. The molecule has 138 valence electrons. The first-order chi connectivity index (χ1) is 12.9. The van der Waals surface area contributed by atoms with Crippen molar-refractivity contribution in [1.29, 1.82) is 0 Å². The molecule has 0 spiro atoms. The molecule has 0 radical (unpaired) electrons. The molecule has 11 heteroatoms. The minimum absolute atomic E-state index is 0.0636. The lowest BCUT2D eigenvalue weighted by atomic mass is 10.2. The third-order valence-corrected chi connectivity index (χ3v) is 5.73. The van der Waals surface area contributed by atoms with Gasteiger partial charge < -0.3 is 0 Å². The molecule has 2 N–H and O–H groups in total. The number of rotatable bonds is 5. The first-order valence-corrected chi connectivity index (χ1v) is 9.63. The Balaban J connectivity index is 1.49. The molecule has 3 aromatic rings. The number of hydrogen-bond acceptors (Lipinski definition) is 7. The summed E-state index contributed by atoms with van der Waals surface area (Å²) in [5.74, 6) is -0.917. The number of fused-ring (bicyclic) bond motifs is 1. The van der Waals surface area contributed by atoms with Gasteiger partial charge in [-0.1, -0.05) is 23.4 Å². The number of amides is 2. The second-order valence-electron chi connectivity index (χ2n) is 5.19. The van der Waals surface area contributed by atoms with Crippen LogP contribution in [0.25, 0.3) is 10.2 Å². The quantitative estimate of drug-likeness (QED) is 0.370. The number of nitrogens with one attached hydrogen (secondary N) is 2. The fraction of sp³-hybridized carbons (Fsp3) is 0.0625. The van der Waals surface area contributed by atoms with Crippen LogP contribution in [0.4, 0.5) is 5.69 Å². The number of nitro benzene ring substituents is 1. The van der Waals surface area contributed by atoms with Crippen LogP contribution in [-0.4, -0.2) is 27.5 Å². The number of nitro groups is 1. The first-order valence-electron chi connectivity index (χ1n) is 7.45. The van der Waals surface area contributed by atoms with Crippen molar-refractivity contribution in [2.75, 3.05) is 5.75 Å². The van der Waals surface area contributed by atoms with E-state index in [4.69, 9.17) is 11.6 Å². The third-order valence-electron chi connectivity index (χ3n) is 3.31. The van der Waals surface area contributed by atoms with Gasteiger partial charge in [-0.15, -0.1) is 11.3 Å². The first kappa shape index (κ1) is 19.1. The lowest BCUT2D eigenvalue weighted by molar-refractivity contribution is -0.384. The second-order valence-corrected chi connectivity index (χ2v) is 7.88. The molecule has 0 saturated heterocycles. The van der Waals surface area contributed by atoms with E-state index < -0.39 is 16.7 Å². The Hall–Kier alpha value is -2.69. The van der Waals surface area contributed by atoms with E-state index in [1.807, 2.05) is 6.07 Å². The van der Waals surface area contributed by atoms with Crippen molar-refractivity contribution in [3.8, 4) is 0 Å². The SMILES string of the molecule is O=C(CSc1nc2cc(Cl)ccc2s1)NNC(=O)c1ccc([N+](=O)[O-])cc1. The average molecular weight is 423 g/mol. The molecule has 27 heavy (non-hydrogen) atoms. The molecule has 0 unspecified atom stereocenters. The van der Waals surface area contributed by atoms with Crippen LogP contribution in [0.5, 0.6) is 0 Å². The highest BCUT2D eigenvalue weighted by Gasteiger charge is 2.12. The largest absolute Gasteiger partial charge is 0.272 e.